The summed E-state index contributed by atoms with van der Waals surface area (Å²) >= 11 is 0. The van der Waals surface area contributed by atoms with Crippen molar-refractivity contribution in [2.45, 2.75) is 18.9 Å². The van der Waals surface area contributed by atoms with Gasteiger partial charge in [-0.1, -0.05) is 30.3 Å². The van der Waals surface area contributed by atoms with Crippen molar-refractivity contribution in [2.24, 2.45) is 0 Å². The summed E-state index contributed by atoms with van der Waals surface area (Å²) in [5, 5.41) is 9.16. The highest BCUT2D eigenvalue weighted by atomic mass is 16.5. The Morgan fingerprint density at radius 3 is 2.71 bits per heavy atom. The summed E-state index contributed by atoms with van der Waals surface area (Å²) in [4.78, 5) is 23.5. The minimum absolute atomic E-state index is 0.0930. The molecule has 124 valence electrons. The SMILES string of the molecule is O=Cc1cccc(-c2cccc(OC[C@@H]3CCCN3C(=O)O)c2)c1. The number of amides is 1. The maximum absolute atomic E-state index is 11.2. The number of hydrogen-bond donors (Lipinski definition) is 1. The summed E-state index contributed by atoms with van der Waals surface area (Å²) in [5.41, 5.74) is 2.53. The van der Waals surface area contributed by atoms with Crippen LogP contribution in [-0.2, 0) is 0 Å². The van der Waals surface area contributed by atoms with Crippen LogP contribution in [0, 0.1) is 0 Å². The maximum atomic E-state index is 11.2. The molecule has 5 nitrogen and oxygen atoms in total. The molecule has 1 atom stereocenters. The molecule has 3 rings (SSSR count). The molecule has 1 amide bonds. The van der Waals surface area contributed by atoms with E-state index in [4.69, 9.17) is 9.84 Å². The molecule has 0 unspecified atom stereocenters. The highest BCUT2D eigenvalue weighted by Crippen LogP contribution is 2.25. The molecule has 1 aliphatic rings. The van der Waals surface area contributed by atoms with E-state index in [-0.39, 0.29) is 6.04 Å². The van der Waals surface area contributed by atoms with Gasteiger partial charge in [0.15, 0.2) is 0 Å². The monoisotopic (exact) mass is 325 g/mol. The maximum Gasteiger partial charge on any atom is 0.407 e. The molecule has 1 aliphatic heterocycles. The number of rotatable bonds is 5. The molecule has 5 heteroatoms. The highest BCUT2D eigenvalue weighted by molar-refractivity contribution is 5.79. The van der Waals surface area contributed by atoms with Crippen molar-refractivity contribution >= 4 is 12.4 Å². The van der Waals surface area contributed by atoms with Gasteiger partial charge in [0.05, 0.1) is 6.04 Å². The summed E-state index contributed by atoms with van der Waals surface area (Å²) in [6.45, 7) is 0.923. The van der Waals surface area contributed by atoms with Gasteiger partial charge in [-0.2, -0.15) is 0 Å². The van der Waals surface area contributed by atoms with Crippen LogP contribution in [0.4, 0.5) is 4.79 Å². The molecule has 0 bridgehead atoms. The van der Waals surface area contributed by atoms with Crippen LogP contribution in [0.15, 0.2) is 48.5 Å². The highest BCUT2D eigenvalue weighted by Gasteiger charge is 2.28. The summed E-state index contributed by atoms with van der Waals surface area (Å²) in [6.07, 6.45) is 1.64. The van der Waals surface area contributed by atoms with Crippen LogP contribution in [-0.4, -0.2) is 41.6 Å². The zero-order valence-corrected chi connectivity index (χ0v) is 13.2. The number of carbonyl (C=O) groups excluding carboxylic acids is 1. The molecule has 2 aromatic carbocycles. The Balaban J connectivity index is 1.71. The minimum atomic E-state index is -0.888. The van der Waals surface area contributed by atoms with Crippen molar-refractivity contribution in [3.8, 4) is 16.9 Å². The van der Waals surface area contributed by atoms with Gasteiger partial charge in [0.1, 0.15) is 18.6 Å². The third-order valence-electron chi connectivity index (χ3n) is 4.26. The number of hydrogen-bond acceptors (Lipinski definition) is 3. The summed E-state index contributed by atoms with van der Waals surface area (Å²) in [6, 6.07) is 14.9. The molecule has 1 heterocycles. The van der Waals surface area contributed by atoms with Crippen LogP contribution in [0.25, 0.3) is 11.1 Å². The van der Waals surface area contributed by atoms with Crippen molar-refractivity contribution in [3.05, 3.63) is 54.1 Å². The van der Waals surface area contributed by atoms with Gasteiger partial charge in [-0.3, -0.25) is 4.79 Å². The summed E-state index contributed by atoms with van der Waals surface area (Å²) in [5.74, 6) is 0.696. The van der Waals surface area contributed by atoms with Gasteiger partial charge < -0.3 is 14.7 Å². The fraction of sp³-hybridized carbons (Fsp3) is 0.263. The van der Waals surface area contributed by atoms with Gasteiger partial charge in [0.25, 0.3) is 0 Å². The van der Waals surface area contributed by atoms with Crippen LogP contribution in [0.2, 0.25) is 0 Å². The smallest absolute Gasteiger partial charge is 0.407 e. The molecule has 0 aromatic heterocycles. The van der Waals surface area contributed by atoms with E-state index in [0.29, 0.717) is 24.5 Å². The minimum Gasteiger partial charge on any atom is -0.491 e. The van der Waals surface area contributed by atoms with Gasteiger partial charge in [0, 0.05) is 12.1 Å². The van der Waals surface area contributed by atoms with E-state index in [2.05, 4.69) is 0 Å². The lowest BCUT2D eigenvalue weighted by molar-refractivity contribution is 0.112. The van der Waals surface area contributed by atoms with Gasteiger partial charge in [-0.25, -0.2) is 4.79 Å². The number of carbonyl (C=O) groups is 2. The molecule has 0 radical (unpaired) electrons. The molecule has 0 spiro atoms. The lowest BCUT2D eigenvalue weighted by Gasteiger charge is -2.21. The Morgan fingerprint density at radius 2 is 1.96 bits per heavy atom. The van der Waals surface area contributed by atoms with E-state index in [1.807, 2.05) is 42.5 Å². The second-order valence-electron chi connectivity index (χ2n) is 5.85. The van der Waals surface area contributed by atoms with Gasteiger partial charge in [-0.05, 0) is 42.2 Å². The van der Waals surface area contributed by atoms with E-state index < -0.39 is 6.09 Å². The summed E-state index contributed by atoms with van der Waals surface area (Å²) < 4.78 is 5.81. The van der Waals surface area contributed by atoms with E-state index in [9.17, 15) is 9.59 Å². The standard InChI is InChI=1S/C19H19NO4/c21-12-14-4-1-5-15(10-14)16-6-2-8-18(11-16)24-13-17-7-3-9-20(17)19(22)23/h1-2,4-6,8,10-12,17H,3,7,9,13H2,(H,22,23)/t17-/m0/s1. The third-order valence-corrected chi connectivity index (χ3v) is 4.26. The molecule has 1 N–H and O–H groups in total. The van der Waals surface area contributed by atoms with Gasteiger partial charge >= 0.3 is 6.09 Å². The molecule has 0 saturated carbocycles. The fourth-order valence-electron chi connectivity index (χ4n) is 3.01. The normalized spacial score (nSPS) is 16.8. The Hall–Kier alpha value is -2.82. The first-order valence-electron chi connectivity index (χ1n) is 7.95. The van der Waals surface area contributed by atoms with E-state index in [1.165, 1.54) is 4.90 Å². The molecule has 2 aromatic rings. The third kappa shape index (κ3) is 3.56. The molecular weight excluding hydrogens is 306 g/mol. The Bertz CT molecular complexity index is 744. The number of nitrogens with zero attached hydrogens (tertiary/aromatic N) is 1. The lowest BCUT2D eigenvalue weighted by atomic mass is 10.0. The fourth-order valence-corrected chi connectivity index (χ4v) is 3.01. The lowest BCUT2D eigenvalue weighted by Crippen LogP contribution is -2.37. The number of aldehydes is 1. The van der Waals surface area contributed by atoms with Gasteiger partial charge in [0.2, 0.25) is 0 Å². The number of carboxylic acid groups (broad SMARTS) is 1. The topological polar surface area (TPSA) is 66.8 Å². The Morgan fingerprint density at radius 1 is 1.21 bits per heavy atom. The van der Waals surface area contributed by atoms with Crippen LogP contribution in [0.3, 0.4) is 0 Å². The van der Waals surface area contributed by atoms with Crippen molar-refractivity contribution < 1.29 is 19.4 Å². The Labute approximate surface area is 140 Å². The predicted molar refractivity (Wildman–Crippen MR) is 90.5 cm³/mol. The molecule has 0 aliphatic carbocycles. The van der Waals surface area contributed by atoms with Crippen molar-refractivity contribution in [2.75, 3.05) is 13.2 Å². The first-order valence-corrected chi connectivity index (χ1v) is 7.95. The van der Waals surface area contributed by atoms with E-state index >= 15 is 0 Å². The summed E-state index contributed by atoms with van der Waals surface area (Å²) in [7, 11) is 0. The van der Waals surface area contributed by atoms with Crippen molar-refractivity contribution in [3.63, 3.8) is 0 Å². The molecule has 24 heavy (non-hydrogen) atoms. The first-order chi connectivity index (χ1) is 11.7. The van der Waals surface area contributed by atoms with Crippen LogP contribution in [0.1, 0.15) is 23.2 Å². The van der Waals surface area contributed by atoms with Crippen LogP contribution >= 0.6 is 0 Å². The quantitative estimate of drug-likeness (QED) is 0.852. The molecular formula is C19H19NO4. The predicted octanol–water partition coefficient (Wildman–Crippen LogP) is 3.69. The number of ether oxygens (including phenoxy) is 1. The number of benzene rings is 2. The van der Waals surface area contributed by atoms with Crippen molar-refractivity contribution in [1.29, 1.82) is 0 Å². The molecule has 1 saturated heterocycles. The van der Waals surface area contributed by atoms with E-state index in [0.717, 1.165) is 30.3 Å². The molecule has 1 fully saturated rings. The van der Waals surface area contributed by atoms with E-state index in [1.54, 1.807) is 6.07 Å². The van der Waals surface area contributed by atoms with Crippen molar-refractivity contribution in [1.82, 2.24) is 4.90 Å². The second kappa shape index (κ2) is 7.17. The zero-order valence-electron chi connectivity index (χ0n) is 13.2. The average molecular weight is 325 g/mol. The second-order valence-corrected chi connectivity index (χ2v) is 5.85. The zero-order chi connectivity index (χ0) is 16.9. The first kappa shape index (κ1) is 16.1. The Kier molecular flexibility index (Phi) is 4.79. The largest absolute Gasteiger partial charge is 0.491 e. The van der Waals surface area contributed by atoms with Gasteiger partial charge in [-0.15, -0.1) is 0 Å². The number of likely N-dealkylation sites (tertiary alicyclic amines) is 1. The average Bonchev–Trinajstić information content (AvgIpc) is 3.09. The van der Waals surface area contributed by atoms with Crippen LogP contribution < -0.4 is 4.74 Å². The van der Waals surface area contributed by atoms with Crippen LogP contribution in [0.5, 0.6) is 5.75 Å².